The molecule has 1 aliphatic carbocycles. The Morgan fingerprint density at radius 3 is 1.83 bits per heavy atom. The molecule has 3 amide bonds. The first-order valence-corrected chi connectivity index (χ1v) is 14.5. The largest absolute Gasteiger partial charge is 0.464 e. The molecule has 0 aliphatic heterocycles. The normalized spacial score (nSPS) is 13.9. The van der Waals surface area contributed by atoms with Crippen LogP contribution in [-0.4, -0.2) is 33.6 Å². The number of hydrogen-bond acceptors (Lipinski definition) is 9. The molecule has 1 atom stereocenters. The molecule has 0 spiro atoms. The molecule has 3 N–H and O–H groups in total. The number of nitrogens with one attached hydrogen (secondary N) is 3. The summed E-state index contributed by atoms with van der Waals surface area (Å²) in [5, 5.41) is 31.1. The summed E-state index contributed by atoms with van der Waals surface area (Å²) in [6, 6.07) is 16.3. The molecule has 0 saturated heterocycles. The zero-order valence-corrected chi connectivity index (χ0v) is 24.3. The summed E-state index contributed by atoms with van der Waals surface area (Å²) in [5.41, 5.74) is -2.28. The first kappa shape index (κ1) is 31.5. The monoisotopic (exact) mass is 627 g/mol. The number of nitro benzene ring substituents is 2. The van der Waals surface area contributed by atoms with Crippen molar-refractivity contribution in [3.63, 3.8) is 0 Å². The van der Waals surface area contributed by atoms with Gasteiger partial charge in [-0.3, -0.25) is 39.4 Å². The lowest BCUT2D eigenvalue weighted by Crippen LogP contribution is -2.48. The van der Waals surface area contributed by atoms with E-state index in [0.717, 1.165) is 37.7 Å². The Morgan fingerprint density at radius 2 is 1.26 bits per heavy atom. The highest BCUT2D eigenvalue weighted by molar-refractivity contribution is 6.15. The predicted molar refractivity (Wildman–Crippen MR) is 167 cm³/mol. The second kappa shape index (κ2) is 13.8. The van der Waals surface area contributed by atoms with E-state index in [4.69, 9.17) is 4.42 Å². The van der Waals surface area contributed by atoms with Crippen LogP contribution in [0.25, 0.3) is 11.0 Å². The van der Waals surface area contributed by atoms with Crippen LogP contribution in [0, 0.1) is 26.1 Å². The van der Waals surface area contributed by atoms with Crippen molar-refractivity contribution in [1.82, 2.24) is 5.32 Å². The zero-order valence-electron chi connectivity index (χ0n) is 24.3. The number of amides is 3. The van der Waals surface area contributed by atoms with Gasteiger partial charge in [-0.15, -0.1) is 0 Å². The number of anilines is 2. The molecule has 46 heavy (non-hydrogen) atoms. The lowest BCUT2D eigenvalue weighted by Gasteiger charge is -2.28. The molecule has 14 nitrogen and oxygen atoms in total. The number of carbonyl (C=O) groups excluding carboxylic acids is 3. The smallest absolute Gasteiger partial charge is 0.292 e. The highest BCUT2D eigenvalue weighted by Gasteiger charge is 2.44. The van der Waals surface area contributed by atoms with Gasteiger partial charge in [0, 0.05) is 23.7 Å². The minimum absolute atomic E-state index is 0.0902. The third kappa shape index (κ3) is 6.75. The molecule has 1 aliphatic rings. The summed E-state index contributed by atoms with van der Waals surface area (Å²) in [5.74, 6) is -7.00. The van der Waals surface area contributed by atoms with Gasteiger partial charge >= 0.3 is 0 Å². The summed E-state index contributed by atoms with van der Waals surface area (Å²) >= 11 is 0. The Kier molecular flexibility index (Phi) is 9.45. The average molecular weight is 628 g/mol. The van der Waals surface area contributed by atoms with E-state index in [1.54, 1.807) is 12.1 Å². The lowest BCUT2D eigenvalue weighted by atomic mass is 9.83. The Balaban J connectivity index is 1.65. The molecular weight excluding hydrogens is 598 g/mol. The maximum Gasteiger partial charge on any atom is 0.292 e. The number of rotatable bonds is 10. The second-order valence-electron chi connectivity index (χ2n) is 10.8. The standard InChI is InChI=1S/C32H29N5O9/c38-29-20-12-4-9-17-26(20)46-18-21(29)27(30(39)33-19-10-2-1-3-11-19)28(31(40)34-22-13-5-7-15-24(22)36(42)43)32(41)35-23-14-6-8-16-25(23)37(44)45/h4-9,12-19,27-28H,1-3,10-11H2,(H,33,39)(H,34,40)(H,35,41). The molecule has 3 aromatic carbocycles. The van der Waals surface area contributed by atoms with Crippen LogP contribution >= 0.6 is 0 Å². The summed E-state index contributed by atoms with van der Waals surface area (Å²) in [6.45, 7) is 0. The Labute approximate surface area is 261 Å². The molecule has 1 fully saturated rings. The highest BCUT2D eigenvalue weighted by Crippen LogP contribution is 2.32. The van der Waals surface area contributed by atoms with E-state index in [2.05, 4.69) is 16.0 Å². The van der Waals surface area contributed by atoms with Crippen molar-refractivity contribution in [2.45, 2.75) is 44.1 Å². The molecule has 0 bridgehead atoms. The van der Waals surface area contributed by atoms with Crippen molar-refractivity contribution >= 4 is 51.4 Å². The van der Waals surface area contributed by atoms with Gasteiger partial charge in [0.05, 0.1) is 27.4 Å². The summed E-state index contributed by atoms with van der Waals surface area (Å²) in [6.07, 6.45) is 4.95. The Bertz CT molecular complexity index is 1810. The number of hydrogen-bond donors (Lipinski definition) is 3. The molecule has 1 heterocycles. The minimum atomic E-state index is -2.05. The second-order valence-corrected chi connectivity index (χ2v) is 10.8. The fourth-order valence-corrected chi connectivity index (χ4v) is 5.64. The van der Waals surface area contributed by atoms with Gasteiger partial charge in [0.25, 0.3) is 11.4 Å². The summed E-state index contributed by atoms with van der Waals surface area (Å²) in [4.78, 5) is 78.1. The van der Waals surface area contributed by atoms with Crippen molar-refractivity contribution in [1.29, 1.82) is 0 Å². The van der Waals surface area contributed by atoms with E-state index in [-0.39, 0.29) is 33.9 Å². The number of carbonyl (C=O) groups is 3. The number of benzene rings is 3. The predicted octanol–water partition coefficient (Wildman–Crippen LogP) is 5.04. The van der Waals surface area contributed by atoms with Gasteiger partial charge < -0.3 is 20.4 Å². The Morgan fingerprint density at radius 1 is 0.739 bits per heavy atom. The van der Waals surface area contributed by atoms with Gasteiger partial charge in [0.2, 0.25) is 17.7 Å². The van der Waals surface area contributed by atoms with Crippen LogP contribution in [0.4, 0.5) is 22.7 Å². The van der Waals surface area contributed by atoms with Crippen molar-refractivity contribution < 1.29 is 28.6 Å². The van der Waals surface area contributed by atoms with Gasteiger partial charge in [0.1, 0.15) is 22.9 Å². The van der Waals surface area contributed by atoms with Crippen molar-refractivity contribution in [3.05, 3.63) is 115 Å². The Hall–Kier alpha value is -5.92. The number of nitro groups is 2. The third-order valence-corrected chi connectivity index (χ3v) is 7.89. The maximum absolute atomic E-state index is 14.1. The molecule has 5 rings (SSSR count). The van der Waals surface area contributed by atoms with Crippen LogP contribution in [0.3, 0.4) is 0 Å². The molecule has 14 heteroatoms. The van der Waals surface area contributed by atoms with E-state index >= 15 is 0 Å². The van der Waals surface area contributed by atoms with Crippen LogP contribution in [0.1, 0.15) is 43.6 Å². The zero-order chi connectivity index (χ0) is 32.8. The fraction of sp³-hybridized carbons (Fsp3) is 0.250. The van der Waals surface area contributed by atoms with Gasteiger partial charge in [-0.05, 0) is 37.1 Å². The first-order valence-electron chi connectivity index (χ1n) is 14.5. The molecule has 0 radical (unpaired) electrons. The number of nitrogens with zero attached hydrogens (tertiary/aromatic N) is 2. The van der Waals surface area contributed by atoms with Crippen LogP contribution in [-0.2, 0) is 14.4 Å². The first-order chi connectivity index (χ1) is 22.2. The van der Waals surface area contributed by atoms with Gasteiger partial charge in [-0.25, -0.2) is 0 Å². The van der Waals surface area contributed by atoms with E-state index in [1.807, 2.05) is 0 Å². The van der Waals surface area contributed by atoms with Crippen LogP contribution in [0.5, 0.6) is 0 Å². The molecular formula is C32H29N5O9. The van der Waals surface area contributed by atoms with Gasteiger partial charge in [0.15, 0.2) is 5.43 Å². The molecule has 236 valence electrons. The highest BCUT2D eigenvalue weighted by atomic mass is 16.6. The van der Waals surface area contributed by atoms with Gasteiger partial charge in [-0.1, -0.05) is 55.7 Å². The van der Waals surface area contributed by atoms with Crippen molar-refractivity contribution in [3.8, 4) is 0 Å². The fourth-order valence-electron chi connectivity index (χ4n) is 5.64. The van der Waals surface area contributed by atoms with Crippen LogP contribution in [0.15, 0.2) is 88.3 Å². The number of fused-ring (bicyclic) bond motifs is 1. The van der Waals surface area contributed by atoms with Crippen molar-refractivity contribution in [2.24, 2.45) is 5.92 Å². The molecule has 1 aromatic heterocycles. The maximum atomic E-state index is 14.1. The van der Waals surface area contributed by atoms with E-state index in [9.17, 15) is 39.4 Å². The van der Waals surface area contributed by atoms with E-state index in [1.165, 1.54) is 48.5 Å². The number of para-hydroxylation sites is 5. The average Bonchev–Trinajstić information content (AvgIpc) is 3.04. The van der Waals surface area contributed by atoms with E-state index in [0.29, 0.717) is 12.8 Å². The minimum Gasteiger partial charge on any atom is -0.464 e. The van der Waals surface area contributed by atoms with Crippen LogP contribution < -0.4 is 21.4 Å². The summed E-state index contributed by atoms with van der Waals surface area (Å²) < 4.78 is 5.67. The molecule has 1 unspecified atom stereocenters. The molecule has 4 aromatic rings. The van der Waals surface area contributed by atoms with Crippen molar-refractivity contribution in [2.75, 3.05) is 10.6 Å². The lowest BCUT2D eigenvalue weighted by molar-refractivity contribution is -0.384. The summed E-state index contributed by atoms with van der Waals surface area (Å²) in [7, 11) is 0. The molecule has 1 saturated carbocycles. The van der Waals surface area contributed by atoms with Gasteiger partial charge in [-0.2, -0.15) is 0 Å². The van der Waals surface area contributed by atoms with Crippen LogP contribution in [0.2, 0.25) is 0 Å². The topological polar surface area (TPSA) is 204 Å². The van der Waals surface area contributed by atoms with E-state index < -0.39 is 56.2 Å². The quantitative estimate of drug-likeness (QED) is 0.122. The third-order valence-electron chi connectivity index (χ3n) is 7.89. The SMILES string of the molecule is O=C(Nc1ccccc1[N+](=O)[O-])C(C(=O)Nc1ccccc1[N+](=O)[O-])C(C(=O)NC1CCCCC1)c1coc2ccccc2c1=O.